The van der Waals surface area contributed by atoms with Crippen LogP contribution >= 0.6 is 0 Å². The Morgan fingerprint density at radius 2 is 1.24 bits per heavy atom. The minimum atomic E-state index is -2.18. The van der Waals surface area contributed by atoms with Gasteiger partial charge in [0.15, 0.2) is 29.6 Å². The fourth-order valence-corrected chi connectivity index (χ4v) is 1.66. The summed E-state index contributed by atoms with van der Waals surface area (Å²) in [6, 6.07) is 0. The van der Waals surface area contributed by atoms with E-state index in [1.165, 1.54) is 0 Å². The van der Waals surface area contributed by atoms with Gasteiger partial charge in [-0.15, -0.1) is 0 Å². The van der Waals surface area contributed by atoms with E-state index in [-0.39, 0.29) is 13.0 Å². The molecule has 0 atom stereocenters. The van der Waals surface area contributed by atoms with Crippen molar-refractivity contribution in [1.82, 2.24) is 0 Å². The highest BCUT2D eigenvalue weighted by atomic mass is 19.2. The molecule has 0 amide bonds. The standard InChI is InChI=1S/C13H16F5NO2/c1-3-20-7(21-4-2)5-6-19-13-11(17)9(15)8(14)10(16)12(13)18/h7,19H,3-6H2,1-2H3. The third-order valence-corrected chi connectivity index (χ3v) is 2.60. The van der Waals surface area contributed by atoms with Gasteiger partial charge in [0, 0.05) is 26.2 Å². The lowest BCUT2D eigenvalue weighted by molar-refractivity contribution is -0.137. The number of hydrogen-bond donors (Lipinski definition) is 1. The first-order valence-corrected chi connectivity index (χ1v) is 6.42. The Balaban J connectivity index is 2.76. The van der Waals surface area contributed by atoms with Crippen molar-refractivity contribution >= 4 is 5.69 Å². The van der Waals surface area contributed by atoms with E-state index in [1.54, 1.807) is 13.8 Å². The van der Waals surface area contributed by atoms with Gasteiger partial charge in [0.25, 0.3) is 0 Å². The van der Waals surface area contributed by atoms with Crippen LogP contribution in [0.15, 0.2) is 0 Å². The van der Waals surface area contributed by atoms with E-state index in [4.69, 9.17) is 9.47 Å². The lowest BCUT2D eigenvalue weighted by atomic mass is 10.2. The fourth-order valence-electron chi connectivity index (χ4n) is 1.66. The summed E-state index contributed by atoms with van der Waals surface area (Å²) in [7, 11) is 0. The van der Waals surface area contributed by atoms with Gasteiger partial charge in [-0.05, 0) is 13.8 Å². The summed E-state index contributed by atoms with van der Waals surface area (Å²) < 4.78 is 75.9. The Bertz CT molecular complexity index is 449. The lowest BCUT2D eigenvalue weighted by Gasteiger charge is -2.18. The molecule has 1 aromatic rings. The van der Waals surface area contributed by atoms with E-state index < -0.39 is 41.1 Å². The summed E-state index contributed by atoms with van der Waals surface area (Å²) in [4.78, 5) is 0. The summed E-state index contributed by atoms with van der Waals surface area (Å²) in [5.74, 6) is -9.94. The number of anilines is 1. The Morgan fingerprint density at radius 1 is 0.810 bits per heavy atom. The average molecular weight is 313 g/mol. The van der Waals surface area contributed by atoms with Crippen molar-refractivity contribution in [2.45, 2.75) is 26.6 Å². The maximum absolute atomic E-state index is 13.4. The summed E-state index contributed by atoms with van der Waals surface area (Å²) in [6.07, 6.45) is -0.435. The van der Waals surface area contributed by atoms with Crippen molar-refractivity contribution < 1.29 is 31.4 Å². The maximum atomic E-state index is 13.4. The summed E-state index contributed by atoms with van der Waals surface area (Å²) >= 11 is 0. The highest BCUT2D eigenvalue weighted by Crippen LogP contribution is 2.27. The third kappa shape index (κ3) is 4.28. The van der Waals surface area contributed by atoms with E-state index in [9.17, 15) is 22.0 Å². The van der Waals surface area contributed by atoms with Crippen LogP contribution in [0, 0.1) is 29.1 Å². The van der Waals surface area contributed by atoms with E-state index in [1.807, 2.05) is 0 Å². The van der Waals surface area contributed by atoms with Crippen molar-refractivity contribution in [3.8, 4) is 0 Å². The quantitative estimate of drug-likeness (QED) is 0.344. The molecule has 0 bridgehead atoms. The van der Waals surface area contributed by atoms with E-state index in [0.717, 1.165) is 0 Å². The molecule has 0 unspecified atom stereocenters. The molecular weight excluding hydrogens is 297 g/mol. The highest BCUT2D eigenvalue weighted by molar-refractivity contribution is 5.47. The smallest absolute Gasteiger partial charge is 0.200 e. The van der Waals surface area contributed by atoms with Gasteiger partial charge >= 0.3 is 0 Å². The molecule has 1 aromatic carbocycles. The second-order valence-corrected chi connectivity index (χ2v) is 4.00. The second-order valence-electron chi connectivity index (χ2n) is 4.00. The maximum Gasteiger partial charge on any atom is 0.200 e. The molecule has 3 nitrogen and oxygen atoms in total. The molecule has 21 heavy (non-hydrogen) atoms. The molecule has 0 aliphatic heterocycles. The van der Waals surface area contributed by atoms with Gasteiger partial charge in [-0.1, -0.05) is 0 Å². The molecule has 0 fully saturated rings. The molecule has 0 saturated carbocycles. The predicted octanol–water partition coefficient (Wildman–Crippen LogP) is 3.58. The molecule has 120 valence electrons. The second kappa shape index (κ2) is 8.14. The number of benzene rings is 1. The summed E-state index contributed by atoms with van der Waals surface area (Å²) in [5, 5.41) is 2.18. The first-order chi connectivity index (χ1) is 9.93. The average Bonchev–Trinajstić information content (AvgIpc) is 2.47. The lowest BCUT2D eigenvalue weighted by Crippen LogP contribution is -2.22. The number of rotatable bonds is 8. The minimum absolute atomic E-state index is 0.0803. The van der Waals surface area contributed by atoms with Gasteiger partial charge in [0.1, 0.15) is 5.69 Å². The Hall–Kier alpha value is -1.41. The van der Waals surface area contributed by atoms with Crippen LogP contribution in [0.4, 0.5) is 27.6 Å². The van der Waals surface area contributed by atoms with Gasteiger partial charge in [0.05, 0.1) is 0 Å². The Morgan fingerprint density at radius 3 is 1.67 bits per heavy atom. The molecule has 0 spiro atoms. The Labute approximate surface area is 119 Å². The number of hydrogen-bond acceptors (Lipinski definition) is 3. The molecule has 0 aromatic heterocycles. The molecule has 0 radical (unpaired) electrons. The van der Waals surface area contributed by atoms with Crippen LogP contribution < -0.4 is 5.32 Å². The molecule has 1 rings (SSSR count). The van der Waals surface area contributed by atoms with Crippen LogP contribution in [0.5, 0.6) is 0 Å². The van der Waals surface area contributed by atoms with Crippen molar-refractivity contribution in [3.05, 3.63) is 29.1 Å². The molecule has 1 N–H and O–H groups in total. The topological polar surface area (TPSA) is 30.5 Å². The van der Waals surface area contributed by atoms with Gasteiger partial charge in [-0.2, -0.15) is 0 Å². The van der Waals surface area contributed by atoms with Crippen LogP contribution in [0.1, 0.15) is 20.3 Å². The normalized spacial score (nSPS) is 11.2. The molecule has 0 saturated heterocycles. The zero-order valence-corrected chi connectivity index (χ0v) is 11.6. The van der Waals surface area contributed by atoms with Crippen LogP contribution in [-0.4, -0.2) is 26.0 Å². The van der Waals surface area contributed by atoms with Crippen LogP contribution in [-0.2, 0) is 9.47 Å². The summed E-state index contributed by atoms with van der Waals surface area (Å²) in [6.45, 7) is 4.14. The van der Waals surface area contributed by atoms with Crippen molar-refractivity contribution in [2.24, 2.45) is 0 Å². The first-order valence-electron chi connectivity index (χ1n) is 6.42. The van der Waals surface area contributed by atoms with Crippen LogP contribution in [0.2, 0.25) is 0 Å². The largest absolute Gasteiger partial charge is 0.380 e. The first kappa shape index (κ1) is 17.6. The predicted molar refractivity (Wildman–Crippen MR) is 66.4 cm³/mol. The van der Waals surface area contributed by atoms with Gasteiger partial charge < -0.3 is 14.8 Å². The zero-order valence-electron chi connectivity index (χ0n) is 11.6. The number of ether oxygens (including phenoxy) is 2. The van der Waals surface area contributed by atoms with Gasteiger partial charge in [-0.25, -0.2) is 22.0 Å². The van der Waals surface area contributed by atoms with Crippen LogP contribution in [0.3, 0.4) is 0 Å². The summed E-state index contributed by atoms with van der Waals surface area (Å²) in [5.41, 5.74) is -1.06. The van der Waals surface area contributed by atoms with E-state index in [0.29, 0.717) is 13.2 Å². The van der Waals surface area contributed by atoms with Crippen LogP contribution in [0.25, 0.3) is 0 Å². The minimum Gasteiger partial charge on any atom is -0.380 e. The molecular formula is C13H16F5NO2. The highest BCUT2D eigenvalue weighted by Gasteiger charge is 2.25. The zero-order chi connectivity index (χ0) is 16.0. The van der Waals surface area contributed by atoms with E-state index in [2.05, 4.69) is 5.32 Å². The molecule has 0 aliphatic carbocycles. The Kier molecular flexibility index (Phi) is 6.83. The van der Waals surface area contributed by atoms with Gasteiger partial charge in [0.2, 0.25) is 5.82 Å². The third-order valence-electron chi connectivity index (χ3n) is 2.60. The SMILES string of the molecule is CCOC(CCNc1c(F)c(F)c(F)c(F)c1F)OCC. The monoisotopic (exact) mass is 313 g/mol. The molecule has 0 heterocycles. The van der Waals surface area contributed by atoms with Crippen molar-refractivity contribution in [2.75, 3.05) is 25.1 Å². The molecule has 8 heteroatoms. The van der Waals surface area contributed by atoms with E-state index >= 15 is 0 Å². The number of halogens is 5. The number of nitrogens with one attached hydrogen (secondary N) is 1. The fraction of sp³-hybridized carbons (Fsp3) is 0.538. The molecule has 0 aliphatic rings. The van der Waals surface area contributed by atoms with Crippen molar-refractivity contribution in [3.63, 3.8) is 0 Å². The van der Waals surface area contributed by atoms with Crippen molar-refractivity contribution in [1.29, 1.82) is 0 Å². The van der Waals surface area contributed by atoms with Gasteiger partial charge in [-0.3, -0.25) is 0 Å².